The molecule has 2 aromatic carbocycles. The minimum Gasteiger partial charge on any atom is -0.508 e. The van der Waals surface area contributed by atoms with E-state index in [0.29, 0.717) is 31.4 Å². The van der Waals surface area contributed by atoms with E-state index in [1.54, 1.807) is 19.2 Å². The van der Waals surface area contributed by atoms with Gasteiger partial charge in [-0.2, -0.15) is 0 Å². The number of likely N-dealkylation sites (N-methyl/N-ethyl adjacent to an activating group) is 1. The van der Waals surface area contributed by atoms with Crippen LogP contribution in [-0.4, -0.2) is 66.8 Å². The van der Waals surface area contributed by atoms with Crippen molar-refractivity contribution in [2.45, 2.75) is 50.2 Å². The monoisotopic (exact) mass is 482 g/mol. The van der Waals surface area contributed by atoms with Gasteiger partial charge in [0.2, 0.25) is 11.8 Å². The van der Waals surface area contributed by atoms with Crippen molar-refractivity contribution in [2.24, 2.45) is 0 Å². The van der Waals surface area contributed by atoms with E-state index in [9.17, 15) is 24.6 Å². The van der Waals surface area contributed by atoms with E-state index in [1.165, 1.54) is 0 Å². The number of aliphatic carboxylic acids is 1. The first-order chi connectivity index (χ1) is 16.8. The van der Waals surface area contributed by atoms with E-state index >= 15 is 0 Å². The lowest BCUT2D eigenvalue weighted by Crippen LogP contribution is -2.54. The molecule has 0 aromatic heterocycles. The average molecular weight is 483 g/mol. The van der Waals surface area contributed by atoms with Gasteiger partial charge in [-0.25, -0.2) is 0 Å². The highest BCUT2D eigenvalue weighted by atomic mass is 16.4. The lowest BCUT2D eigenvalue weighted by atomic mass is 9.95. The van der Waals surface area contributed by atoms with Crippen molar-refractivity contribution in [1.29, 1.82) is 0 Å². The van der Waals surface area contributed by atoms with Crippen molar-refractivity contribution < 1.29 is 24.6 Å². The van der Waals surface area contributed by atoms with Crippen molar-refractivity contribution in [1.82, 2.24) is 21.3 Å². The van der Waals surface area contributed by atoms with Crippen molar-refractivity contribution in [3.63, 3.8) is 0 Å². The Morgan fingerprint density at radius 2 is 1.80 bits per heavy atom. The molecule has 0 saturated heterocycles. The Hall–Kier alpha value is -3.43. The average Bonchev–Trinajstić information content (AvgIpc) is 2.82. The standard InChI is InChI=1S/C26H34N4O5/c1-27-10-4-7-21-25(34)29-20(15-24(32)33)12-16-5-3-6-17(11-16)18-8-9-23(31)19(13-18)14-22(28-2)26(35)30-21/h3,5-6,8-9,11,13,20-22,27-28,31H,4,7,10,12,14-15H2,1-2H3,(H,29,34)(H,30,35)(H,32,33)/t20-,21-,22-/m0/s1. The van der Waals surface area contributed by atoms with Crippen LogP contribution in [0.2, 0.25) is 0 Å². The van der Waals surface area contributed by atoms with E-state index in [1.807, 2.05) is 37.4 Å². The number of hydrogen-bond acceptors (Lipinski definition) is 6. The van der Waals surface area contributed by atoms with Crippen LogP contribution in [0.3, 0.4) is 0 Å². The first kappa shape index (κ1) is 26.2. The molecule has 0 saturated carbocycles. The number of amides is 2. The molecule has 188 valence electrons. The maximum Gasteiger partial charge on any atom is 0.305 e. The van der Waals surface area contributed by atoms with Crippen LogP contribution in [0.25, 0.3) is 11.1 Å². The number of phenolic OH excluding ortho intramolecular Hbond substituents is 1. The molecule has 4 bridgehead atoms. The van der Waals surface area contributed by atoms with E-state index in [0.717, 1.165) is 16.7 Å². The van der Waals surface area contributed by atoms with Crippen LogP contribution in [-0.2, 0) is 27.2 Å². The minimum absolute atomic E-state index is 0.0899. The van der Waals surface area contributed by atoms with Crippen LogP contribution in [0.1, 0.15) is 30.4 Å². The summed E-state index contributed by atoms with van der Waals surface area (Å²) in [5, 5.41) is 31.6. The Labute approximate surface area is 205 Å². The molecule has 1 heterocycles. The molecule has 9 heteroatoms. The number of carbonyl (C=O) groups is 3. The summed E-state index contributed by atoms with van der Waals surface area (Å²) in [6, 6.07) is 10.8. The molecule has 0 spiro atoms. The van der Waals surface area contributed by atoms with Crippen LogP contribution in [0.5, 0.6) is 5.75 Å². The van der Waals surface area contributed by atoms with Crippen LogP contribution >= 0.6 is 0 Å². The Morgan fingerprint density at radius 1 is 1.03 bits per heavy atom. The third-order valence-corrected chi connectivity index (χ3v) is 6.23. The zero-order chi connectivity index (χ0) is 25.4. The van der Waals surface area contributed by atoms with Gasteiger partial charge < -0.3 is 31.5 Å². The third kappa shape index (κ3) is 7.27. The van der Waals surface area contributed by atoms with Crippen molar-refractivity contribution in [3.8, 4) is 16.9 Å². The fraction of sp³-hybridized carbons (Fsp3) is 0.423. The quantitative estimate of drug-likeness (QED) is 0.326. The number of phenols is 1. The number of carbonyl (C=O) groups excluding carboxylic acids is 2. The SMILES string of the molecule is CNCCC[C@@H]1NC(=O)[C@@H](NC)Cc2cc(ccc2O)-c2cccc(c2)C[C@@H](CC(=O)O)NC1=O. The Kier molecular flexibility index (Phi) is 9.22. The summed E-state index contributed by atoms with van der Waals surface area (Å²) in [5.41, 5.74) is 3.25. The smallest absolute Gasteiger partial charge is 0.305 e. The van der Waals surface area contributed by atoms with Crippen LogP contribution in [0, 0.1) is 0 Å². The van der Waals surface area contributed by atoms with Gasteiger partial charge in [0.05, 0.1) is 12.5 Å². The molecule has 35 heavy (non-hydrogen) atoms. The summed E-state index contributed by atoms with van der Waals surface area (Å²) in [4.78, 5) is 37.9. The topological polar surface area (TPSA) is 140 Å². The Morgan fingerprint density at radius 3 is 2.51 bits per heavy atom. The van der Waals surface area contributed by atoms with E-state index in [4.69, 9.17) is 0 Å². The summed E-state index contributed by atoms with van der Waals surface area (Å²) in [6.45, 7) is 0.668. The lowest BCUT2D eigenvalue weighted by molar-refractivity contribution is -0.138. The maximum atomic E-state index is 13.2. The van der Waals surface area contributed by atoms with Gasteiger partial charge in [0.15, 0.2) is 0 Å². The number of rotatable bonds is 7. The molecule has 2 amide bonds. The number of aromatic hydroxyl groups is 1. The Bertz CT molecular complexity index is 1060. The molecule has 0 unspecified atom stereocenters. The van der Waals surface area contributed by atoms with Gasteiger partial charge >= 0.3 is 5.97 Å². The molecule has 1 aliphatic heterocycles. The van der Waals surface area contributed by atoms with Crippen LogP contribution in [0.15, 0.2) is 42.5 Å². The molecular formula is C26H34N4O5. The first-order valence-corrected chi connectivity index (χ1v) is 11.9. The highest BCUT2D eigenvalue weighted by molar-refractivity contribution is 5.90. The fourth-order valence-electron chi connectivity index (χ4n) is 4.35. The highest BCUT2D eigenvalue weighted by Gasteiger charge is 2.28. The largest absolute Gasteiger partial charge is 0.508 e. The molecular weight excluding hydrogens is 448 g/mol. The molecule has 3 rings (SSSR count). The molecule has 6 N–H and O–H groups in total. The minimum atomic E-state index is -1.02. The summed E-state index contributed by atoms with van der Waals surface area (Å²) >= 11 is 0. The normalized spacial score (nSPS) is 20.8. The molecule has 0 aliphatic carbocycles. The van der Waals surface area contributed by atoms with Gasteiger partial charge in [-0.05, 0) is 74.3 Å². The van der Waals surface area contributed by atoms with Gasteiger partial charge in [-0.3, -0.25) is 14.4 Å². The third-order valence-electron chi connectivity index (χ3n) is 6.23. The summed E-state index contributed by atoms with van der Waals surface area (Å²) in [5.74, 6) is -1.71. The van der Waals surface area contributed by atoms with Crippen LogP contribution < -0.4 is 21.3 Å². The van der Waals surface area contributed by atoms with Gasteiger partial charge in [-0.1, -0.05) is 30.3 Å². The van der Waals surface area contributed by atoms with E-state index in [2.05, 4.69) is 21.3 Å². The predicted octanol–water partition coefficient (Wildman–Crippen LogP) is 1.19. The molecule has 2 aromatic rings. The maximum absolute atomic E-state index is 13.2. The molecule has 0 radical (unpaired) electrons. The highest BCUT2D eigenvalue weighted by Crippen LogP contribution is 2.28. The second kappa shape index (κ2) is 12.3. The lowest BCUT2D eigenvalue weighted by Gasteiger charge is -2.25. The molecule has 9 nitrogen and oxygen atoms in total. The van der Waals surface area contributed by atoms with E-state index < -0.39 is 30.0 Å². The molecule has 1 aliphatic rings. The van der Waals surface area contributed by atoms with Crippen molar-refractivity contribution in [3.05, 3.63) is 53.6 Å². The Balaban J connectivity index is 2.03. The molecule has 0 fully saturated rings. The van der Waals surface area contributed by atoms with Gasteiger partial charge in [0, 0.05) is 12.5 Å². The number of carboxylic acid groups (broad SMARTS) is 1. The van der Waals surface area contributed by atoms with Crippen molar-refractivity contribution >= 4 is 17.8 Å². The number of benzene rings is 2. The second-order valence-electron chi connectivity index (χ2n) is 8.90. The summed E-state index contributed by atoms with van der Waals surface area (Å²) in [6.07, 6.45) is 1.36. The molecule has 3 atom stereocenters. The van der Waals surface area contributed by atoms with Gasteiger partial charge in [0.25, 0.3) is 0 Å². The van der Waals surface area contributed by atoms with Gasteiger partial charge in [0.1, 0.15) is 11.8 Å². The van der Waals surface area contributed by atoms with Gasteiger partial charge in [-0.15, -0.1) is 0 Å². The summed E-state index contributed by atoms with van der Waals surface area (Å²) < 4.78 is 0. The second-order valence-corrected chi connectivity index (χ2v) is 8.90. The summed E-state index contributed by atoms with van der Waals surface area (Å²) in [7, 11) is 3.46. The number of hydrogen-bond donors (Lipinski definition) is 6. The zero-order valence-electron chi connectivity index (χ0n) is 20.1. The fourth-order valence-corrected chi connectivity index (χ4v) is 4.35. The predicted molar refractivity (Wildman–Crippen MR) is 133 cm³/mol. The van der Waals surface area contributed by atoms with Crippen molar-refractivity contribution in [2.75, 3.05) is 20.6 Å². The zero-order valence-corrected chi connectivity index (χ0v) is 20.1. The number of nitrogens with one attached hydrogen (secondary N) is 4. The number of carboxylic acids is 1. The van der Waals surface area contributed by atoms with E-state index in [-0.39, 0.29) is 24.5 Å². The van der Waals surface area contributed by atoms with Crippen LogP contribution in [0.4, 0.5) is 0 Å². The number of fused-ring (bicyclic) bond motifs is 5. The first-order valence-electron chi connectivity index (χ1n) is 11.9.